The number of piperidine rings is 2. The van der Waals surface area contributed by atoms with Crippen LogP contribution >= 0.6 is 23.2 Å². The fourth-order valence-corrected chi connectivity index (χ4v) is 4.41. The van der Waals surface area contributed by atoms with E-state index in [0.717, 1.165) is 6.42 Å². The summed E-state index contributed by atoms with van der Waals surface area (Å²) in [4.78, 5) is 13.8. The molecule has 126 valence electrons. The smallest absolute Gasteiger partial charge is 0.411 e. The molecule has 1 aromatic carbocycles. The van der Waals surface area contributed by atoms with Crippen molar-refractivity contribution in [2.24, 2.45) is 5.92 Å². The van der Waals surface area contributed by atoms with Crippen LogP contribution in [0.2, 0.25) is 10.0 Å². The molecule has 2 N–H and O–H groups in total. The Morgan fingerprint density at radius 1 is 1.17 bits per heavy atom. The van der Waals surface area contributed by atoms with E-state index < -0.39 is 6.09 Å². The van der Waals surface area contributed by atoms with E-state index >= 15 is 0 Å². The monoisotopic (exact) mass is 357 g/mol. The Morgan fingerprint density at radius 3 is 2.70 bits per heavy atom. The lowest BCUT2D eigenvalue weighted by Crippen LogP contribution is -3.18. The van der Waals surface area contributed by atoms with E-state index in [-0.39, 0.29) is 0 Å². The van der Waals surface area contributed by atoms with E-state index in [0.29, 0.717) is 34.3 Å². The van der Waals surface area contributed by atoms with Gasteiger partial charge in [-0.1, -0.05) is 29.3 Å². The molecule has 2 heterocycles. The molecular formula is C17H23Cl2N2O2+. The molecule has 1 aromatic rings. The Balaban J connectivity index is 1.54. The number of benzene rings is 1. The fourth-order valence-electron chi connectivity index (χ4n) is 3.92. The van der Waals surface area contributed by atoms with Crippen LogP contribution in [0, 0.1) is 5.92 Å². The fraction of sp³-hybridized carbons (Fsp3) is 0.588. The third kappa shape index (κ3) is 4.11. The maximum atomic E-state index is 12.1. The van der Waals surface area contributed by atoms with Crippen molar-refractivity contribution in [1.29, 1.82) is 0 Å². The average molecular weight is 358 g/mol. The quantitative estimate of drug-likeness (QED) is 0.870. The maximum absolute atomic E-state index is 12.1. The van der Waals surface area contributed by atoms with Gasteiger partial charge in [0.1, 0.15) is 6.61 Å². The van der Waals surface area contributed by atoms with Gasteiger partial charge < -0.3 is 9.64 Å². The first kappa shape index (κ1) is 16.9. The predicted molar refractivity (Wildman–Crippen MR) is 92.5 cm³/mol. The minimum absolute atomic E-state index is 0.411. The first-order chi connectivity index (χ1) is 11.1. The van der Waals surface area contributed by atoms with Gasteiger partial charge in [0.15, 0.2) is 0 Å². The highest BCUT2D eigenvalue weighted by atomic mass is 35.5. The number of ether oxygens (including phenoxy) is 1. The van der Waals surface area contributed by atoms with Crippen molar-refractivity contribution >= 4 is 35.0 Å². The summed E-state index contributed by atoms with van der Waals surface area (Å²) in [5.41, 5.74) is 0.411. The predicted octanol–water partition coefficient (Wildman–Crippen LogP) is 3.39. The number of nitrogens with one attached hydrogen (secondary N) is 2. The van der Waals surface area contributed by atoms with Crippen LogP contribution in [-0.4, -0.2) is 31.8 Å². The van der Waals surface area contributed by atoms with Crippen LogP contribution in [0.4, 0.5) is 10.5 Å². The lowest BCUT2D eigenvalue weighted by atomic mass is 9.84. The number of anilines is 1. The molecule has 3 rings (SSSR count). The standard InChI is InChI=1S/C17H22Cl2N2O2/c18-13-6-3-7-14(19)16(13)20-17(22)23-11-12-5-4-10-21-9-2-1-8-15(12)21/h3,6-7,12,15H,1-2,4-5,8-11H2,(H,20,22)/p+1/t12-,15+/m0/s1. The molecule has 1 amide bonds. The van der Waals surface area contributed by atoms with Gasteiger partial charge in [0.05, 0.1) is 34.9 Å². The van der Waals surface area contributed by atoms with Crippen LogP contribution in [0.25, 0.3) is 0 Å². The zero-order valence-corrected chi connectivity index (χ0v) is 14.6. The van der Waals surface area contributed by atoms with E-state index in [4.69, 9.17) is 27.9 Å². The lowest BCUT2D eigenvalue weighted by molar-refractivity contribution is -0.940. The number of halogens is 2. The summed E-state index contributed by atoms with van der Waals surface area (Å²) in [7, 11) is 0. The number of amides is 1. The first-order valence-electron chi connectivity index (χ1n) is 8.37. The van der Waals surface area contributed by atoms with Crippen LogP contribution < -0.4 is 10.2 Å². The molecule has 2 fully saturated rings. The topological polar surface area (TPSA) is 42.8 Å². The van der Waals surface area contributed by atoms with Gasteiger partial charge in [0.2, 0.25) is 0 Å². The highest BCUT2D eigenvalue weighted by Gasteiger charge is 2.37. The van der Waals surface area contributed by atoms with E-state index in [9.17, 15) is 4.79 Å². The first-order valence-corrected chi connectivity index (χ1v) is 9.13. The van der Waals surface area contributed by atoms with Crippen LogP contribution in [0.5, 0.6) is 0 Å². The summed E-state index contributed by atoms with van der Waals surface area (Å²) in [5.74, 6) is 0.464. The molecule has 2 saturated heterocycles. The maximum Gasteiger partial charge on any atom is 0.411 e. The van der Waals surface area contributed by atoms with Gasteiger partial charge in [-0.3, -0.25) is 5.32 Å². The number of hydrogen-bond donors (Lipinski definition) is 2. The second-order valence-electron chi connectivity index (χ2n) is 6.48. The van der Waals surface area contributed by atoms with Crippen molar-refractivity contribution in [2.45, 2.75) is 38.1 Å². The normalized spacial score (nSPS) is 27.1. The number of carbonyl (C=O) groups excluding carboxylic acids is 1. The molecule has 2 aliphatic heterocycles. The molecule has 0 aliphatic carbocycles. The van der Waals surface area contributed by atoms with Gasteiger partial charge >= 0.3 is 6.09 Å². The molecule has 3 atom stereocenters. The Kier molecular flexibility index (Phi) is 5.67. The molecule has 0 aromatic heterocycles. The van der Waals surface area contributed by atoms with Gasteiger partial charge in [-0.25, -0.2) is 4.79 Å². The minimum atomic E-state index is -0.483. The Hall–Kier alpha value is -0.970. The van der Waals surface area contributed by atoms with Crippen LogP contribution in [0.1, 0.15) is 32.1 Å². The molecule has 0 bridgehead atoms. The van der Waals surface area contributed by atoms with Crippen LogP contribution in [0.15, 0.2) is 18.2 Å². The van der Waals surface area contributed by atoms with Crippen molar-refractivity contribution < 1.29 is 14.4 Å². The third-order valence-corrected chi connectivity index (χ3v) is 5.68. The van der Waals surface area contributed by atoms with E-state index in [1.54, 1.807) is 23.1 Å². The molecule has 0 radical (unpaired) electrons. The van der Waals surface area contributed by atoms with Crippen molar-refractivity contribution in [3.8, 4) is 0 Å². The van der Waals surface area contributed by atoms with Gasteiger partial charge in [-0.05, 0) is 44.2 Å². The van der Waals surface area contributed by atoms with Gasteiger partial charge in [-0.2, -0.15) is 0 Å². The van der Waals surface area contributed by atoms with Crippen molar-refractivity contribution in [3.05, 3.63) is 28.2 Å². The zero-order valence-electron chi connectivity index (χ0n) is 13.1. The Morgan fingerprint density at radius 2 is 1.91 bits per heavy atom. The summed E-state index contributed by atoms with van der Waals surface area (Å²) in [6.45, 7) is 3.01. The number of hydrogen-bond acceptors (Lipinski definition) is 2. The molecule has 23 heavy (non-hydrogen) atoms. The van der Waals surface area contributed by atoms with Crippen molar-refractivity contribution in [2.75, 3.05) is 25.0 Å². The number of quaternary nitrogens is 1. The summed E-state index contributed by atoms with van der Waals surface area (Å²) < 4.78 is 5.46. The lowest BCUT2D eigenvalue weighted by Gasteiger charge is -2.40. The second-order valence-corrected chi connectivity index (χ2v) is 7.30. The molecule has 1 unspecified atom stereocenters. The zero-order chi connectivity index (χ0) is 16.2. The number of rotatable bonds is 3. The summed E-state index contributed by atoms with van der Waals surface area (Å²) in [5, 5.41) is 3.48. The third-order valence-electron chi connectivity index (χ3n) is 5.05. The largest absolute Gasteiger partial charge is 0.449 e. The number of carbonyl (C=O) groups is 1. The van der Waals surface area contributed by atoms with Crippen LogP contribution in [0.3, 0.4) is 0 Å². The van der Waals surface area contributed by atoms with E-state index in [1.807, 2.05) is 0 Å². The van der Waals surface area contributed by atoms with Gasteiger partial charge in [0, 0.05) is 5.92 Å². The highest BCUT2D eigenvalue weighted by molar-refractivity contribution is 6.39. The molecule has 6 heteroatoms. The van der Waals surface area contributed by atoms with Crippen molar-refractivity contribution in [3.63, 3.8) is 0 Å². The number of fused-ring (bicyclic) bond motifs is 1. The SMILES string of the molecule is O=C(Nc1c(Cl)cccc1Cl)OC[C@@H]1CCC[NH+]2CCCC[C@H]12. The summed E-state index contributed by atoms with van der Waals surface area (Å²) in [6.07, 6.45) is 5.76. The minimum Gasteiger partial charge on any atom is -0.449 e. The Labute approximate surface area is 147 Å². The average Bonchev–Trinajstić information content (AvgIpc) is 2.56. The van der Waals surface area contributed by atoms with Crippen LogP contribution in [-0.2, 0) is 4.74 Å². The van der Waals surface area contributed by atoms with Gasteiger partial charge in [-0.15, -0.1) is 0 Å². The summed E-state index contributed by atoms with van der Waals surface area (Å²) >= 11 is 12.1. The molecule has 0 spiro atoms. The Bertz CT molecular complexity index is 545. The number of para-hydroxylation sites is 1. The highest BCUT2D eigenvalue weighted by Crippen LogP contribution is 2.30. The van der Waals surface area contributed by atoms with E-state index in [1.165, 1.54) is 38.8 Å². The molecular weight excluding hydrogens is 335 g/mol. The summed E-state index contributed by atoms with van der Waals surface area (Å²) in [6, 6.07) is 5.76. The van der Waals surface area contributed by atoms with Gasteiger partial charge in [0.25, 0.3) is 0 Å². The van der Waals surface area contributed by atoms with E-state index in [2.05, 4.69) is 5.32 Å². The van der Waals surface area contributed by atoms with Crippen molar-refractivity contribution in [1.82, 2.24) is 0 Å². The molecule has 4 nitrogen and oxygen atoms in total. The second kappa shape index (κ2) is 7.73. The molecule has 0 saturated carbocycles. The molecule has 2 aliphatic rings.